The molecule has 2 N–H and O–H groups in total. The lowest BCUT2D eigenvalue weighted by Crippen LogP contribution is -2.37. The van der Waals surface area contributed by atoms with Crippen LogP contribution >= 0.6 is 28.1 Å². The summed E-state index contributed by atoms with van der Waals surface area (Å²) >= 11 is 8.62. The summed E-state index contributed by atoms with van der Waals surface area (Å²) in [5.41, 5.74) is 2.64. The van der Waals surface area contributed by atoms with Gasteiger partial charge in [0.2, 0.25) is 0 Å². The maximum atomic E-state index is 12.2. The number of nitrogens with zero attached hydrogens (tertiary/aromatic N) is 1. The Bertz CT molecular complexity index is 794. The third kappa shape index (κ3) is 4.83. The molecule has 4 nitrogen and oxygen atoms in total. The molecule has 1 saturated heterocycles. The van der Waals surface area contributed by atoms with Crippen LogP contribution in [0.15, 0.2) is 53.0 Å². The van der Waals surface area contributed by atoms with E-state index < -0.39 is 0 Å². The summed E-state index contributed by atoms with van der Waals surface area (Å²) in [5, 5.41) is 6.06. The van der Waals surface area contributed by atoms with Crippen molar-refractivity contribution in [2.45, 2.75) is 32.2 Å². The minimum Gasteiger partial charge on any atom is -0.369 e. The van der Waals surface area contributed by atoms with Gasteiger partial charge in [-0.25, -0.2) is 0 Å². The van der Waals surface area contributed by atoms with E-state index in [-0.39, 0.29) is 11.0 Å². The van der Waals surface area contributed by atoms with E-state index in [1.54, 1.807) is 12.1 Å². The lowest BCUT2D eigenvalue weighted by atomic mass is 10.0. The molecule has 3 rings (SSSR count). The second kappa shape index (κ2) is 8.64. The molecule has 2 aromatic rings. The van der Waals surface area contributed by atoms with E-state index in [0.717, 1.165) is 16.7 Å². The van der Waals surface area contributed by atoms with Crippen molar-refractivity contribution >= 4 is 50.5 Å². The van der Waals surface area contributed by atoms with Crippen LogP contribution in [-0.4, -0.2) is 23.6 Å². The minimum atomic E-state index is -0.234. The van der Waals surface area contributed by atoms with Crippen molar-refractivity contribution < 1.29 is 4.79 Å². The number of nitrogens with one attached hydrogen (secondary N) is 2. The van der Waals surface area contributed by atoms with Gasteiger partial charge >= 0.3 is 0 Å². The fourth-order valence-electron chi connectivity index (χ4n) is 3.19. The number of anilines is 2. The van der Waals surface area contributed by atoms with E-state index in [0.29, 0.717) is 11.6 Å². The summed E-state index contributed by atoms with van der Waals surface area (Å²) in [5.74, 6) is -0.234. The lowest BCUT2D eigenvalue weighted by Gasteiger charge is -2.35. The van der Waals surface area contributed by atoms with Crippen molar-refractivity contribution in [1.29, 1.82) is 0 Å². The molecule has 26 heavy (non-hydrogen) atoms. The molecule has 0 radical (unpaired) electrons. The van der Waals surface area contributed by atoms with Crippen LogP contribution in [0.1, 0.15) is 36.5 Å². The Hall–Kier alpha value is -1.92. The quantitative estimate of drug-likeness (QED) is 0.674. The Labute approximate surface area is 168 Å². The number of thiocarbonyl (C=S) groups is 1. The molecule has 6 heteroatoms. The maximum absolute atomic E-state index is 12.2. The Balaban J connectivity index is 1.58. The van der Waals surface area contributed by atoms with Gasteiger partial charge in [-0.1, -0.05) is 22.0 Å². The first kappa shape index (κ1) is 18.9. The van der Waals surface area contributed by atoms with E-state index in [1.165, 1.54) is 24.9 Å². The van der Waals surface area contributed by atoms with Crippen molar-refractivity contribution in [2.24, 2.45) is 0 Å². The van der Waals surface area contributed by atoms with Crippen molar-refractivity contribution in [1.82, 2.24) is 5.32 Å². The minimum absolute atomic E-state index is 0.234. The molecule has 0 saturated carbocycles. The molecule has 1 aliphatic rings. The van der Waals surface area contributed by atoms with E-state index in [2.05, 4.69) is 50.5 Å². The molecule has 1 aliphatic heterocycles. The van der Waals surface area contributed by atoms with Gasteiger partial charge in [-0.2, -0.15) is 0 Å². The molecule has 1 amide bonds. The summed E-state index contributed by atoms with van der Waals surface area (Å²) < 4.78 is 0.853. The van der Waals surface area contributed by atoms with Crippen LogP contribution in [0.5, 0.6) is 0 Å². The summed E-state index contributed by atoms with van der Waals surface area (Å²) in [6.07, 6.45) is 3.80. The average Bonchev–Trinajstić information content (AvgIpc) is 2.63. The van der Waals surface area contributed by atoms with Crippen LogP contribution in [0, 0.1) is 0 Å². The van der Waals surface area contributed by atoms with Crippen molar-refractivity contribution in [3.05, 3.63) is 58.6 Å². The fraction of sp³-hybridized carbons (Fsp3) is 0.300. The molecular formula is C20H22BrN3OS. The monoisotopic (exact) mass is 431 g/mol. The highest BCUT2D eigenvalue weighted by Gasteiger charge is 2.18. The Kier molecular flexibility index (Phi) is 6.27. The van der Waals surface area contributed by atoms with Gasteiger partial charge in [-0.05, 0) is 80.9 Å². The molecule has 0 spiro atoms. The summed E-state index contributed by atoms with van der Waals surface area (Å²) in [7, 11) is 0. The Morgan fingerprint density at radius 2 is 1.96 bits per heavy atom. The van der Waals surface area contributed by atoms with Crippen molar-refractivity contribution in [2.75, 3.05) is 16.8 Å². The fourth-order valence-corrected chi connectivity index (χ4v) is 3.80. The van der Waals surface area contributed by atoms with Gasteiger partial charge in [0.1, 0.15) is 0 Å². The topological polar surface area (TPSA) is 44.4 Å². The second-order valence-corrected chi connectivity index (χ2v) is 7.83. The number of carbonyl (C=O) groups is 1. The first-order chi connectivity index (χ1) is 12.5. The highest BCUT2D eigenvalue weighted by molar-refractivity contribution is 9.10. The van der Waals surface area contributed by atoms with Gasteiger partial charge in [-0.15, -0.1) is 0 Å². The zero-order valence-electron chi connectivity index (χ0n) is 14.7. The number of amides is 1. The summed E-state index contributed by atoms with van der Waals surface area (Å²) in [4.78, 5) is 14.7. The van der Waals surface area contributed by atoms with Gasteiger partial charge in [0.25, 0.3) is 5.91 Å². The molecule has 1 atom stereocenters. The first-order valence-electron chi connectivity index (χ1n) is 8.77. The van der Waals surface area contributed by atoms with Gasteiger partial charge in [0.05, 0.1) is 0 Å². The Morgan fingerprint density at radius 3 is 2.65 bits per heavy atom. The standard InChI is InChI=1S/C20H22BrN3OS/c1-14-5-2-3-12-24(14)18-10-8-17(9-11-18)22-20(26)23-19(25)15-6-4-7-16(21)13-15/h4,6-11,13-14H,2-3,5,12H2,1H3,(H2,22,23,25,26). The van der Waals surface area contributed by atoms with Crippen LogP contribution < -0.4 is 15.5 Å². The molecular weight excluding hydrogens is 410 g/mol. The molecule has 0 aromatic heterocycles. The van der Waals surface area contributed by atoms with Crippen LogP contribution in [0.4, 0.5) is 11.4 Å². The highest BCUT2D eigenvalue weighted by atomic mass is 79.9. The average molecular weight is 432 g/mol. The lowest BCUT2D eigenvalue weighted by molar-refractivity contribution is 0.0977. The number of halogens is 1. The van der Waals surface area contributed by atoms with Gasteiger partial charge in [0.15, 0.2) is 5.11 Å². The third-order valence-electron chi connectivity index (χ3n) is 4.57. The molecule has 0 bridgehead atoms. The largest absolute Gasteiger partial charge is 0.369 e. The van der Waals surface area contributed by atoms with Gasteiger partial charge < -0.3 is 10.2 Å². The number of hydrogen-bond acceptors (Lipinski definition) is 3. The predicted molar refractivity (Wildman–Crippen MR) is 115 cm³/mol. The smallest absolute Gasteiger partial charge is 0.257 e. The van der Waals surface area contributed by atoms with Crippen LogP contribution in [0.2, 0.25) is 0 Å². The van der Waals surface area contributed by atoms with E-state index in [1.807, 2.05) is 24.3 Å². The summed E-state index contributed by atoms with van der Waals surface area (Å²) in [6, 6.07) is 16.0. The number of piperidine rings is 1. The highest BCUT2D eigenvalue weighted by Crippen LogP contribution is 2.25. The van der Waals surface area contributed by atoms with E-state index >= 15 is 0 Å². The molecule has 1 heterocycles. The molecule has 2 aromatic carbocycles. The van der Waals surface area contributed by atoms with Crippen molar-refractivity contribution in [3.8, 4) is 0 Å². The molecule has 136 valence electrons. The molecule has 0 aliphatic carbocycles. The van der Waals surface area contributed by atoms with Crippen LogP contribution in [0.25, 0.3) is 0 Å². The number of benzene rings is 2. The second-order valence-electron chi connectivity index (χ2n) is 6.50. The van der Waals surface area contributed by atoms with Crippen LogP contribution in [-0.2, 0) is 0 Å². The number of hydrogen-bond donors (Lipinski definition) is 2. The van der Waals surface area contributed by atoms with Gasteiger partial charge in [0, 0.05) is 34.0 Å². The van der Waals surface area contributed by atoms with Crippen LogP contribution in [0.3, 0.4) is 0 Å². The van der Waals surface area contributed by atoms with Crippen molar-refractivity contribution in [3.63, 3.8) is 0 Å². The molecule has 1 unspecified atom stereocenters. The SMILES string of the molecule is CC1CCCCN1c1ccc(NC(=S)NC(=O)c2cccc(Br)c2)cc1. The zero-order valence-corrected chi connectivity index (χ0v) is 17.1. The molecule has 1 fully saturated rings. The Morgan fingerprint density at radius 1 is 1.19 bits per heavy atom. The zero-order chi connectivity index (χ0) is 18.5. The first-order valence-corrected chi connectivity index (χ1v) is 9.97. The normalized spacial score (nSPS) is 16.8. The van der Waals surface area contributed by atoms with E-state index in [9.17, 15) is 4.79 Å². The third-order valence-corrected chi connectivity index (χ3v) is 5.27. The predicted octanol–water partition coefficient (Wildman–Crippen LogP) is 4.95. The maximum Gasteiger partial charge on any atom is 0.257 e. The van der Waals surface area contributed by atoms with E-state index in [4.69, 9.17) is 12.2 Å². The number of rotatable bonds is 3. The summed E-state index contributed by atoms with van der Waals surface area (Å²) in [6.45, 7) is 3.38. The number of carbonyl (C=O) groups excluding carboxylic acids is 1. The van der Waals surface area contributed by atoms with Gasteiger partial charge in [-0.3, -0.25) is 10.1 Å².